The van der Waals surface area contributed by atoms with E-state index in [1.165, 1.54) is 24.1 Å². The predicted molar refractivity (Wildman–Crippen MR) is 152 cm³/mol. The summed E-state index contributed by atoms with van der Waals surface area (Å²) in [5, 5.41) is 1.12. The van der Waals surface area contributed by atoms with E-state index in [9.17, 15) is 18.7 Å². The first-order valence-electron chi connectivity index (χ1n) is 12.5. The molecule has 2 amide bonds. The minimum Gasteiger partial charge on any atom is -0.465 e. The number of fused-ring (bicyclic) bond motifs is 1. The van der Waals surface area contributed by atoms with E-state index in [-0.39, 0.29) is 48.3 Å². The highest BCUT2D eigenvalue weighted by molar-refractivity contribution is 8.24. The van der Waals surface area contributed by atoms with E-state index < -0.39 is 22.4 Å². The minimum absolute atomic E-state index is 0.0752. The lowest BCUT2D eigenvalue weighted by Crippen LogP contribution is -2.48. The molecule has 1 aliphatic heterocycles. The Morgan fingerprint density at radius 1 is 0.974 bits per heavy atom. The Morgan fingerprint density at radius 2 is 1.67 bits per heavy atom. The average Bonchev–Trinajstić information content (AvgIpc) is 3.31. The third-order valence-electron chi connectivity index (χ3n) is 7.08. The molecule has 0 atom stereocenters. The van der Waals surface area contributed by atoms with E-state index >= 15 is 4.39 Å². The van der Waals surface area contributed by atoms with Gasteiger partial charge in [-0.15, -0.1) is 0 Å². The highest BCUT2D eigenvalue weighted by atomic mass is 32.3. The van der Waals surface area contributed by atoms with Gasteiger partial charge in [-0.25, -0.2) is 14.0 Å². The smallest absolute Gasteiger partial charge is 0.337 e. The van der Waals surface area contributed by atoms with Crippen LogP contribution in [-0.2, 0) is 18.3 Å². The third kappa shape index (κ3) is 5.63. The summed E-state index contributed by atoms with van der Waals surface area (Å²) in [6, 6.07) is 19.4. The zero-order chi connectivity index (χ0) is 27.7. The van der Waals surface area contributed by atoms with E-state index in [0.717, 1.165) is 28.1 Å². The molecule has 1 saturated heterocycles. The van der Waals surface area contributed by atoms with Crippen molar-refractivity contribution in [1.82, 2.24) is 9.47 Å². The quantitative estimate of drug-likeness (QED) is 0.298. The molecular formula is C29H30FN3O5S. The standard InChI is InChI=1S/C29H30FN3O5S/c1-31-12-11-22-17-21(7-10-27(22)31)20-5-8-25(9-6-20)33(29(35)32-13-15-39(36,37)16-14-32)19-24-4-3-23(18-26(24)30)28(34)38-2/h3-12,17-18,36-37H,13-16,19H2,1-2H3. The van der Waals surface area contributed by atoms with Crippen molar-refractivity contribution < 1.29 is 27.8 Å². The number of nitrogens with zero attached hydrogens (tertiary/aromatic N) is 3. The summed E-state index contributed by atoms with van der Waals surface area (Å²) in [4.78, 5) is 28.5. The van der Waals surface area contributed by atoms with Crippen LogP contribution in [0.25, 0.3) is 22.0 Å². The normalized spacial score (nSPS) is 15.7. The number of halogens is 1. The van der Waals surface area contributed by atoms with Crippen LogP contribution in [-0.4, -0.2) is 62.3 Å². The predicted octanol–water partition coefficient (Wildman–Crippen LogP) is 5.96. The number of urea groups is 1. The van der Waals surface area contributed by atoms with Gasteiger partial charge in [-0.2, -0.15) is 10.6 Å². The highest BCUT2D eigenvalue weighted by Crippen LogP contribution is 2.40. The van der Waals surface area contributed by atoms with Crippen LogP contribution in [0.5, 0.6) is 0 Å². The van der Waals surface area contributed by atoms with E-state index in [2.05, 4.69) is 27.5 Å². The lowest BCUT2D eigenvalue weighted by molar-refractivity contribution is 0.0600. The van der Waals surface area contributed by atoms with Crippen molar-refractivity contribution in [2.24, 2.45) is 7.05 Å². The fourth-order valence-corrected chi connectivity index (χ4v) is 5.97. The number of hydrogen-bond donors (Lipinski definition) is 2. The van der Waals surface area contributed by atoms with Gasteiger partial charge in [0.05, 0.1) is 30.7 Å². The maximum atomic E-state index is 15.0. The first-order chi connectivity index (χ1) is 18.6. The van der Waals surface area contributed by atoms with Crippen LogP contribution < -0.4 is 4.90 Å². The number of aryl methyl sites for hydroxylation is 1. The van der Waals surface area contributed by atoms with Gasteiger partial charge in [0, 0.05) is 48.5 Å². The molecule has 1 aliphatic rings. The van der Waals surface area contributed by atoms with Gasteiger partial charge < -0.3 is 14.2 Å². The largest absolute Gasteiger partial charge is 0.465 e. The second-order valence-electron chi connectivity index (χ2n) is 9.61. The Kier molecular flexibility index (Phi) is 7.35. The van der Waals surface area contributed by atoms with Gasteiger partial charge >= 0.3 is 12.0 Å². The monoisotopic (exact) mass is 551 g/mol. The van der Waals surface area contributed by atoms with Crippen molar-refractivity contribution in [2.45, 2.75) is 6.54 Å². The first-order valence-corrected chi connectivity index (χ1v) is 14.4. The summed E-state index contributed by atoms with van der Waals surface area (Å²) in [6.07, 6.45) is 2.01. The molecule has 2 N–H and O–H groups in total. The van der Waals surface area contributed by atoms with Crippen LogP contribution in [0.1, 0.15) is 15.9 Å². The molecule has 0 unspecified atom stereocenters. The molecule has 0 saturated carbocycles. The fraction of sp³-hybridized carbons (Fsp3) is 0.241. The van der Waals surface area contributed by atoms with Gasteiger partial charge in [-0.1, -0.05) is 24.3 Å². The molecule has 8 nitrogen and oxygen atoms in total. The number of carbonyl (C=O) groups is 2. The summed E-state index contributed by atoms with van der Waals surface area (Å²) in [7, 11) is 0.536. The summed E-state index contributed by atoms with van der Waals surface area (Å²) >= 11 is 0. The number of hydrogen-bond acceptors (Lipinski definition) is 5. The molecule has 39 heavy (non-hydrogen) atoms. The SMILES string of the molecule is COC(=O)c1ccc(CN(C(=O)N2CCS(O)(O)CC2)c2ccc(-c3ccc4c(ccn4C)c3)cc2)c(F)c1. The molecule has 1 aromatic heterocycles. The Hall–Kier alpha value is -3.86. The van der Waals surface area contributed by atoms with Gasteiger partial charge in [-0.05, 0) is 53.6 Å². The van der Waals surface area contributed by atoms with Crippen molar-refractivity contribution in [1.29, 1.82) is 0 Å². The number of rotatable bonds is 5. The average molecular weight is 552 g/mol. The zero-order valence-electron chi connectivity index (χ0n) is 21.7. The van der Waals surface area contributed by atoms with Gasteiger partial charge in [0.1, 0.15) is 5.82 Å². The van der Waals surface area contributed by atoms with Crippen molar-refractivity contribution >= 4 is 39.2 Å². The molecule has 1 fully saturated rings. The van der Waals surface area contributed by atoms with Gasteiger partial charge in [0.2, 0.25) is 0 Å². The first kappa shape index (κ1) is 26.7. The molecule has 10 heteroatoms. The van der Waals surface area contributed by atoms with Crippen molar-refractivity contribution in [3.8, 4) is 11.1 Å². The number of carbonyl (C=O) groups excluding carboxylic acids is 2. The summed E-state index contributed by atoms with van der Waals surface area (Å²) in [5.74, 6) is -1.06. The van der Waals surface area contributed by atoms with E-state index in [4.69, 9.17) is 0 Å². The Morgan fingerprint density at radius 3 is 2.33 bits per heavy atom. The molecule has 0 bridgehead atoms. The van der Waals surface area contributed by atoms with Gasteiger partial charge in [0.25, 0.3) is 0 Å². The highest BCUT2D eigenvalue weighted by Gasteiger charge is 2.30. The topological polar surface area (TPSA) is 95.2 Å². The van der Waals surface area contributed by atoms with Crippen LogP contribution in [0.2, 0.25) is 0 Å². The number of aromatic nitrogens is 1. The molecule has 0 radical (unpaired) electrons. The minimum atomic E-state index is -2.69. The summed E-state index contributed by atoms with van der Waals surface area (Å²) in [5.41, 5.74) is 4.01. The number of amides is 2. The molecule has 3 aromatic carbocycles. The Balaban J connectivity index is 1.45. The maximum absolute atomic E-state index is 15.0. The lowest BCUT2D eigenvalue weighted by atomic mass is 10.0. The van der Waals surface area contributed by atoms with Crippen LogP contribution in [0.4, 0.5) is 14.9 Å². The molecule has 2 heterocycles. The van der Waals surface area contributed by atoms with Crippen LogP contribution in [0.3, 0.4) is 0 Å². The number of methoxy groups -OCH3 is 1. The maximum Gasteiger partial charge on any atom is 0.337 e. The van der Waals surface area contributed by atoms with Gasteiger partial charge in [0.15, 0.2) is 0 Å². The van der Waals surface area contributed by atoms with E-state index in [1.54, 1.807) is 4.90 Å². The number of ether oxygens (including phenoxy) is 1. The fourth-order valence-electron chi connectivity index (χ4n) is 4.74. The lowest BCUT2D eigenvalue weighted by Gasteiger charge is -2.42. The Bertz CT molecular complexity index is 1530. The van der Waals surface area contributed by atoms with Crippen molar-refractivity contribution in [3.63, 3.8) is 0 Å². The molecule has 204 valence electrons. The molecule has 5 rings (SSSR count). The van der Waals surface area contributed by atoms with Crippen molar-refractivity contribution in [3.05, 3.63) is 89.9 Å². The van der Waals surface area contributed by atoms with E-state index in [1.807, 2.05) is 43.6 Å². The summed E-state index contributed by atoms with van der Waals surface area (Å²) < 4.78 is 41.7. The zero-order valence-corrected chi connectivity index (χ0v) is 22.5. The molecule has 4 aromatic rings. The molecular weight excluding hydrogens is 521 g/mol. The Labute approximate surface area is 227 Å². The number of esters is 1. The van der Waals surface area contributed by atoms with Crippen LogP contribution >= 0.6 is 10.6 Å². The van der Waals surface area contributed by atoms with Crippen molar-refractivity contribution in [2.75, 3.05) is 36.6 Å². The van der Waals surface area contributed by atoms with Crippen LogP contribution in [0, 0.1) is 5.82 Å². The third-order valence-corrected chi connectivity index (χ3v) is 8.75. The number of benzene rings is 3. The second kappa shape index (κ2) is 10.7. The van der Waals surface area contributed by atoms with Gasteiger partial charge in [-0.3, -0.25) is 14.0 Å². The summed E-state index contributed by atoms with van der Waals surface area (Å²) in [6.45, 7) is 0.307. The van der Waals surface area contributed by atoms with E-state index in [0.29, 0.717) is 5.69 Å². The second-order valence-corrected chi connectivity index (χ2v) is 12.0. The van der Waals surface area contributed by atoms with Crippen LogP contribution in [0.15, 0.2) is 72.9 Å². The number of anilines is 1. The molecule has 0 aliphatic carbocycles. The molecule has 0 spiro atoms.